The highest BCUT2D eigenvalue weighted by Crippen LogP contribution is 2.46. The normalized spacial score (nSPS) is 16.3. The second-order valence-corrected chi connectivity index (χ2v) is 11.4. The summed E-state index contributed by atoms with van der Waals surface area (Å²) in [4.78, 5) is 48.0. The van der Waals surface area contributed by atoms with Gasteiger partial charge in [-0.15, -0.1) is 0 Å². The molecule has 1 fully saturated rings. The van der Waals surface area contributed by atoms with Crippen LogP contribution in [-0.4, -0.2) is 50.9 Å². The zero-order valence-electron chi connectivity index (χ0n) is 21.8. The number of hydrogen-bond donors (Lipinski definition) is 1. The second-order valence-electron chi connectivity index (χ2n) is 9.76. The number of amides is 1. The molecule has 1 amide bonds. The van der Waals surface area contributed by atoms with Crippen LogP contribution in [0.2, 0.25) is 0 Å². The molecule has 1 saturated heterocycles. The lowest BCUT2D eigenvalue weighted by atomic mass is 10.1. The van der Waals surface area contributed by atoms with Crippen molar-refractivity contribution in [2.75, 3.05) is 6.54 Å². The lowest BCUT2D eigenvalue weighted by Gasteiger charge is -2.30. The number of benzene rings is 2. The molecule has 2 aromatic carbocycles. The molecule has 0 aromatic heterocycles. The Hall–Kier alpha value is -4.03. The first-order chi connectivity index (χ1) is 18.2. The minimum absolute atomic E-state index is 0.0641. The Morgan fingerprint density at radius 2 is 1.44 bits per heavy atom. The number of nitrogens with zero attached hydrogens (tertiary/aromatic N) is 3. The van der Waals surface area contributed by atoms with Crippen molar-refractivity contribution in [1.82, 2.24) is 9.99 Å². The van der Waals surface area contributed by atoms with Gasteiger partial charge in [0.25, 0.3) is 11.4 Å². The van der Waals surface area contributed by atoms with Crippen molar-refractivity contribution >= 4 is 31.0 Å². The largest absolute Gasteiger partial charge is 0.513 e. The first-order valence-electron chi connectivity index (χ1n) is 12.0. The molecule has 2 atom stereocenters. The summed E-state index contributed by atoms with van der Waals surface area (Å²) in [6.07, 6.45) is 0.974. The van der Waals surface area contributed by atoms with Crippen LogP contribution in [0.5, 0.6) is 11.5 Å². The van der Waals surface area contributed by atoms with Gasteiger partial charge in [0, 0.05) is 30.8 Å². The van der Waals surface area contributed by atoms with Crippen LogP contribution in [0.3, 0.4) is 0 Å². The van der Waals surface area contributed by atoms with Crippen LogP contribution in [0.4, 0.5) is 11.4 Å². The standard InChI is InChI=1S/C24H29N4O10P/c1-16(22(29)26-15-5-6-21(26)23(30)36-24(2,3)4)25-39(35,37-19-11-7-17(8-12-19)27(31)32)38-20-13-9-18(10-14-20)28(33)34/h7-14,16,21H,5-6,15H2,1-4H3,(H,25,35)/t16-,21+/m1/s1. The van der Waals surface area contributed by atoms with Crippen LogP contribution >= 0.6 is 7.75 Å². The van der Waals surface area contributed by atoms with Crippen LogP contribution in [0, 0.1) is 20.2 Å². The van der Waals surface area contributed by atoms with Gasteiger partial charge in [0.2, 0.25) is 5.91 Å². The molecule has 210 valence electrons. The quantitative estimate of drug-likeness (QED) is 0.187. The number of nitrogens with one attached hydrogen (secondary N) is 1. The summed E-state index contributed by atoms with van der Waals surface area (Å²) in [5.74, 6) is -1.23. The highest BCUT2D eigenvalue weighted by molar-refractivity contribution is 7.52. The fourth-order valence-electron chi connectivity index (χ4n) is 3.79. The number of hydrogen-bond acceptors (Lipinski definition) is 10. The zero-order chi connectivity index (χ0) is 29.0. The van der Waals surface area contributed by atoms with Gasteiger partial charge in [0.05, 0.1) is 15.9 Å². The van der Waals surface area contributed by atoms with E-state index in [1.165, 1.54) is 36.1 Å². The van der Waals surface area contributed by atoms with Gasteiger partial charge in [-0.3, -0.25) is 25.0 Å². The lowest BCUT2D eigenvalue weighted by molar-refractivity contribution is -0.385. The fraction of sp³-hybridized carbons (Fsp3) is 0.417. The van der Waals surface area contributed by atoms with Gasteiger partial charge in [-0.05, 0) is 64.8 Å². The number of rotatable bonds is 10. The molecule has 1 aliphatic rings. The van der Waals surface area contributed by atoms with Crippen molar-refractivity contribution in [3.63, 3.8) is 0 Å². The summed E-state index contributed by atoms with van der Waals surface area (Å²) in [7, 11) is -4.42. The number of nitro benzene ring substituents is 2. The molecule has 1 heterocycles. The Morgan fingerprint density at radius 3 is 1.85 bits per heavy atom. The molecule has 1 N–H and O–H groups in total. The van der Waals surface area contributed by atoms with Crippen molar-refractivity contribution in [2.24, 2.45) is 0 Å². The van der Waals surface area contributed by atoms with Crippen LogP contribution in [0.1, 0.15) is 40.5 Å². The van der Waals surface area contributed by atoms with Gasteiger partial charge in [-0.1, -0.05) is 0 Å². The van der Waals surface area contributed by atoms with Gasteiger partial charge in [0.1, 0.15) is 23.1 Å². The minimum Gasteiger partial charge on any atom is -0.458 e. The van der Waals surface area contributed by atoms with E-state index in [1.807, 2.05) is 0 Å². The summed E-state index contributed by atoms with van der Waals surface area (Å²) in [6.45, 7) is 6.86. The molecule has 0 radical (unpaired) electrons. The second kappa shape index (κ2) is 11.8. The minimum atomic E-state index is -4.42. The predicted molar refractivity (Wildman–Crippen MR) is 138 cm³/mol. The summed E-state index contributed by atoms with van der Waals surface area (Å²) in [6, 6.07) is 7.38. The third kappa shape index (κ3) is 7.98. The van der Waals surface area contributed by atoms with E-state index in [9.17, 15) is 34.4 Å². The van der Waals surface area contributed by atoms with E-state index < -0.39 is 47.2 Å². The Morgan fingerprint density at radius 1 is 0.974 bits per heavy atom. The van der Waals surface area contributed by atoms with E-state index in [0.717, 1.165) is 24.3 Å². The number of carbonyl (C=O) groups excluding carboxylic acids is 2. The molecule has 0 aliphatic carbocycles. The molecule has 15 heteroatoms. The lowest BCUT2D eigenvalue weighted by Crippen LogP contribution is -2.50. The van der Waals surface area contributed by atoms with E-state index in [1.54, 1.807) is 20.8 Å². The zero-order valence-corrected chi connectivity index (χ0v) is 22.7. The average molecular weight is 564 g/mol. The monoisotopic (exact) mass is 564 g/mol. The number of non-ortho nitro benzene ring substituents is 2. The molecule has 1 aliphatic heterocycles. The fourth-order valence-corrected chi connectivity index (χ4v) is 5.32. The Kier molecular flexibility index (Phi) is 8.92. The van der Waals surface area contributed by atoms with E-state index in [2.05, 4.69) is 5.09 Å². The van der Waals surface area contributed by atoms with Crippen molar-refractivity contribution in [1.29, 1.82) is 0 Å². The number of carbonyl (C=O) groups is 2. The van der Waals surface area contributed by atoms with E-state index >= 15 is 0 Å². The first-order valence-corrected chi connectivity index (χ1v) is 13.5. The topological polar surface area (TPSA) is 180 Å². The van der Waals surface area contributed by atoms with Crippen LogP contribution in [-0.2, 0) is 18.9 Å². The third-order valence-corrected chi connectivity index (χ3v) is 7.09. The SMILES string of the molecule is C[C@@H](NP(=O)(Oc1ccc([N+](=O)[O-])cc1)Oc1ccc([N+](=O)[O-])cc1)C(=O)N1CCC[C@H]1C(=O)OC(C)(C)C. The van der Waals surface area contributed by atoms with E-state index in [-0.39, 0.29) is 29.4 Å². The molecule has 0 unspecified atom stereocenters. The number of ether oxygens (including phenoxy) is 1. The van der Waals surface area contributed by atoms with Crippen molar-refractivity contribution < 1.29 is 37.8 Å². The van der Waals surface area contributed by atoms with Crippen molar-refractivity contribution in [3.05, 3.63) is 68.8 Å². The molecule has 2 aromatic rings. The highest BCUT2D eigenvalue weighted by atomic mass is 31.2. The smallest absolute Gasteiger partial charge is 0.458 e. The Bertz CT molecular complexity index is 1210. The molecular formula is C24H29N4O10P. The number of esters is 1. The molecule has 0 spiro atoms. The summed E-state index contributed by atoms with van der Waals surface area (Å²) in [5, 5.41) is 24.5. The first kappa shape index (κ1) is 29.5. The summed E-state index contributed by atoms with van der Waals surface area (Å²) in [5.41, 5.74) is -1.20. The van der Waals surface area contributed by atoms with Gasteiger partial charge in [0.15, 0.2) is 0 Å². The molecule has 39 heavy (non-hydrogen) atoms. The third-order valence-electron chi connectivity index (χ3n) is 5.48. The van der Waals surface area contributed by atoms with E-state index in [4.69, 9.17) is 13.8 Å². The number of likely N-dealkylation sites (tertiary alicyclic amines) is 1. The van der Waals surface area contributed by atoms with Gasteiger partial charge in [-0.25, -0.2) is 9.36 Å². The summed E-state index contributed by atoms with van der Waals surface area (Å²) >= 11 is 0. The maximum absolute atomic E-state index is 13.8. The van der Waals surface area contributed by atoms with Crippen LogP contribution < -0.4 is 14.1 Å². The molecule has 0 saturated carbocycles. The highest BCUT2D eigenvalue weighted by Gasteiger charge is 2.41. The average Bonchev–Trinajstić information content (AvgIpc) is 3.33. The molecule has 3 rings (SSSR count). The molecule has 0 bridgehead atoms. The maximum Gasteiger partial charge on any atom is 0.513 e. The van der Waals surface area contributed by atoms with Crippen LogP contribution in [0.25, 0.3) is 0 Å². The van der Waals surface area contributed by atoms with Crippen molar-refractivity contribution in [3.8, 4) is 11.5 Å². The maximum atomic E-state index is 13.8. The van der Waals surface area contributed by atoms with Gasteiger partial charge in [-0.2, -0.15) is 5.09 Å². The predicted octanol–water partition coefficient (Wildman–Crippen LogP) is 4.38. The Labute approximate surface area is 224 Å². The van der Waals surface area contributed by atoms with Gasteiger partial charge < -0.3 is 18.7 Å². The molecular weight excluding hydrogens is 535 g/mol. The van der Waals surface area contributed by atoms with Gasteiger partial charge >= 0.3 is 13.7 Å². The number of nitro groups is 2. The Balaban J connectivity index is 1.83. The summed E-state index contributed by atoms with van der Waals surface area (Å²) < 4.78 is 30.4. The van der Waals surface area contributed by atoms with Crippen LogP contribution in [0.15, 0.2) is 48.5 Å². The van der Waals surface area contributed by atoms with E-state index in [0.29, 0.717) is 12.8 Å². The van der Waals surface area contributed by atoms with Crippen molar-refractivity contribution in [2.45, 2.75) is 58.2 Å². The molecule has 14 nitrogen and oxygen atoms in total.